The number of carbonyl (C=O) groups is 2. The van der Waals surface area contributed by atoms with Crippen LogP contribution in [0.3, 0.4) is 0 Å². The quantitative estimate of drug-likeness (QED) is 0.318. The van der Waals surface area contributed by atoms with Crippen LogP contribution >= 0.6 is 0 Å². The topological polar surface area (TPSA) is 108 Å². The summed E-state index contributed by atoms with van der Waals surface area (Å²) in [5.74, 6) is 1.41. The van der Waals surface area contributed by atoms with Gasteiger partial charge in [-0.25, -0.2) is 13.9 Å². The number of urea groups is 1. The highest BCUT2D eigenvalue weighted by molar-refractivity contribution is 5.91. The van der Waals surface area contributed by atoms with Crippen LogP contribution in [0.5, 0.6) is 0 Å². The molecular formula is C32H45FN8O2. The number of amides is 3. The number of aryl methyl sites for hydroxylation is 1. The average molecular weight is 593 g/mol. The van der Waals surface area contributed by atoms with Gasteiger partial charge in [0, 0.05) is 51.0 Å². The number of anilines is 1. The zero-order chi connectivity index (χ0) is 30.9. The largest absolute Gasteiger partial charge is 0.341 e. The first-order valence-corrected chi connectivity index (χ1v) is 15.2. The first-order valence-electron chi connectivity index (χ1n) is 15.2. The number of tetrazole rings is 1. The molecule has 2 aromatic carbocycles. The Kier molecular flexibility index (Phi) is 11.2. The third kappa shape index (κ3) is 9.31. The molecule has 1 saturated heterocycles. The van der Waals surface area contributed by atoms with Crippen molar-refractivity contribution in [3.8, 4) is 11.4 Å². The minimum Gasteiger partial charge on any atom is -0.341 e. The third-order valence-corrected chi connectivity index (χ3v) is 7.65. The second-order valence-electron chi connectivity index (χ2n) is 12.4. The molecule has 4 rings (SSSR count). The van der Waals surface area contributed by atoms with E-state index in [-0.39, 0.29) is 24.3 Å². The number of likely N-dealkylation sites (tertiary alicyclic amines) is 1. The zero-order valence-electron chi connectivity index (χ0n) is 26.0. The summed E-state index contributed by atoms with van der Waals surface area (Å²) < 4.78 is 15.0. The molecule has 0 bridgehead atoms. The van der Waals surface area contributed by atoms with E-state index in [0.717, 1.165) is 43.5 Å². The summed E-state index contributed by atoms with van der Waals surface area (Å²) in [5, 5.41) is 17.5. The minimum absolute atomic E-state index is 0.0437. The van der Waals surface area contributed by atoms with Crippen LogP contribution in [0, 0.1) is 23.6 Å². The zero-order valence-corrected chi connectivity index (χ0v) is 26.0. The number of benzene rings is 2. The molecule has 2 atom stereocenters. The summed E-state index contributed by atoms with van der Waals surface area (Å²) in [7, 11) is 1.76. The van der Waals surface area contributed by atoms with Gasteiger partial charge < -0.3 is 15.5 Å². The lowest BCUT2D eigenvalue weighted by atomic mass is 9.91. The first kappa shape index (κ1) is 32.1. The molecule has 1 fully saturated rings. The average Bonchev–Trinajstić information content (AvgIpc) is 3.39. The number of halogens is 1. The Morgan fingerprint density at radius 1 is 1.07 bits per heavy atom. The van der Waals surface area contributed by atoms with Crippen LogP contribution in [0.1, 0.15) is 46.1 Å². The van der Waals surface area contributed by atoms with Crippen molar-refractivity contribution in [1.29, 1.82) is 0 Å². The van der Waals surface area contributed by atoms with Gasteiger partial charge in [-0.3, -0.25) is 9.69 Å². The molecule has 10 nitrogen and oxygen atoms in total. The molecule has 1 aliphatic heterocycles. The summed E-state index contributed by atoms with van der Waals surface area (Å²) >= 11 is 0. The third-order valence-electron chi connectivity index (χ3n) is 7.65. The lowest BCUT2D eigenvalue weighted by Gasteiger charge is -2.39. The fourth-order valence-corrected chi connectivity index (χ4v) is 5.81. The highest BCUT2D eigenvalue weighted by atomic mass is 19.1. The van der Waals surface area contributed by atoms with Gasteiger partial charge >= 0.3 is 6.03 Å². The highest BCUT2D eigenvalue weighted by Crippen LogP contribution is 2.23. The Hall–Kier alpha value is -3.86. The summed E-state index contributed by atoms with van der Waals surface area (Å²) in [6.45, 7) is 11.6. The maximum atomic E-state index is 14.2. The van der Waals surface area contributed by atoms with Gasteiger partial charge in [0.1, 0.15) is 11.9 Å². The standard InChI is InChI=1S/C32H45FN8O2/c1-22(2)19-41(20-23(3)4)29(31(42)40-15-7-8-25(21-40)16-24-11-13-27(33)14-12-24)18-34-32(43)35-28-10-6-9-26(17-28)30-36-37-38-39(30)5/h6,9-14,17,22-23,25,29H,7-8,15-16,18-21H2,1-5H3,(H2,34,35,43)/t25-,29+/m0/s1. The molecular weight excluding hydrogens is 547 g/mol. The van der Waals surface area contributed by atoms with Gasteiger partial charge in [-0.15, -0.1) is 5.10 Å². The van der Waals surface area contributed by atoms with E-state index < -0.39 is 6.04 Å². The summed E-state index contributed by atoms with van der Waals surface area (Å²) in [5.41, 5.74) is 2.46. The van der Waals surface area contributed by atoms with Gasteiger partial charge in [-0.05, 0) is 77.3 Å². The molecule has 3 aromatic rings. The molecule has 0 aliphatic carbocycles. The van der Waals surface area contributed by atoms with Crippen LogP contribution in [-0.2, 0) is 18.3 Å². The second kappa shape index (κ2) is 15.0. The Labute approximate surface area is 254 Å². The van der Waals surface area contributed by atoms with Crippen molar-refractivity contribution in [3.05, 3.63) is 59.9 Å². The van der Waals surface area contributed by atoms with E-state index in [0.29, 0.717) is 42.4 Å². The summed E-state index contributed by atoms with van der Waals surface area (Å²) in [4.78, 5) is 31.4. The molecule has 0 spiro atoms. The Morgan fingerprint density at radius 3 is 2.44 bits per heavy atom. The van der Waals surface area contributed by atoms with E-state index in [1.54, 1.807) is 17.8 Å². The van der Waals surface area contributed by atoms with E-state index in [2.05, 4.69) is 58.8 Å². The van der Waals surface area contributed by atoms with Crippen molar-refractivity contribution in [2.24, 2.45) is 24.8 Å². The molecule has 43 heavy (non-hydrogen) atoms. The van der Waals surface area contributed by atoms with E-state index in [1.807, 2.05) is 35.2 Å². The molecule has 1 aromatic heterocycles. The van der Waals surface area contributed by atoms with Gasteiger partial charge in [0.2, 0.25) is 5.91 Å². The van der Waals surface area contributed by atoms with Gasteiger partial charge in [0.05, 0.1) is 0 Å². The molecule has 0 radical (unpaired) electrons. The van der Waals surface area contributed by atoms with Crippen LogP contribution in [0.25, 0.3) is 11.4 Å². The predicted octanol–water partition coefficient (Wildman–Crippen LogP) is 4.60. The van der Waals surface area contributed by atoms with Crippen molar-refractivity contribution in [1.82, 2.24) is 35.3 Å². The molecule has 0 unspecified atom stereocenters. The number of nitrogens with one attached hydrogen (secondary N) is 2. The summed E-state index contributed by atoms with van der Waals surface area (Å²) in [6, 6.07) is 13.1. The normalized spacial score (nSPS) is 16.1. The van der Waals surface area contributed by atoms with Crippen molar-refractivity contribution >= 4 is 17.6 Å². The lowest BCUT2D eigenvalue weighted by molar-refractivity contribution is -0.139. The van der Waals surface area contributed by atoms with E-state index in [9.17, 15) is 14.0 Å². The number of hydrogen-bond donors (Lipinski definition) is 2. The molecule has 11 heteroatoms. The van der Waals surface area contributed by atoms with E-state index in [1.165, 1.54) is 12.1 Å². The summed E-state index contributed by atoms with van der Waals surface area (Å²) in [6.07, 6.45) is 2.75. The number of carbonyl (C=O) groups excluding carboxylic acids is 2. The van der Waals surface area contributed by atoms with Crippen LogP contribution in [0.15, 0.2) is 48.5 Å². The minimum atomic E-state index is -0.490. The van der Waals surface area contributed by atoms with Gasteiger partial charge in [0.15, 0.2) is 5.82 Å². The van der Waals surface area contributed by atoms with Crippen molar-refractivity contribution in [2.75, 3.05) is 38.0 Å². The maximum Gasteiger partial charge on any atom is 0.319 e. The SMILES string of the molecule is CC(C)CN(CC(C)C)[C@H](CNC(=O)Nc1cccc(-c2nnnn2C)c1)C(=O)N1CCC[C@@H](Cc2ccc(F)cc2)C1. The Balaban J connectivity index is 1.46. The van der Waals surface area contributed by atoms with Gasteiger partial charge in [0.25, 0.3) is 0 Å². The monoisotopic (exact) mass is 592 g/mol. The van der Waals surface area contributed by atoms with Crippen molar-refractivity contribution in [2.45, 2.75) is 53.0 Å². The fourth-order valence-electron chi connectivity index (χ4n) is 5.81. The van der Waals surface area contributed by atoms with Crippen LogP contribution in [-0.4, -0.2) is 80.7 Å². The molecule has 2 N–H and O–H groups in total. The van der Waals surface area contributed by atoms with Crippen molar-refractivity contribution in [3.63, 3.8) is 0 Å². The number of rotatable bonds is 12. The fraction of sp³-hybridized carbons (Fsp3) is 0.531. The molecule has 3 amide bonds. The van der Waals surface area contributed by atoms with Gasteiger partial charge in [-0.1, -0.05) is 52.0 Å². The highest BCUT2D eigenvalue weighted by Gasteiger charge is 2.33. The van der Waals surface area contributed by atoms with Crippen molar-refractivity contribution < 1.29 is 14.0 Å². The molecule has 232 valence electrons. The molecule has 2 heterocycles. The lowest BCUT2D eigenvalue weighted by Crippen LogP contribution is -2.57. The second-order valence-corrected chi connectivity index (χ2v) is 12.4. The van der Waals surface area contributed by atoms with Crippen LogP contribution in [0.2, 0.25) is 0 Å². The number of aromatic nitrogens is 4. The smallest absolute Gasteiger partial charge is 0.319 e. The Bertz CT molecular complexity index is 1330. The van der Waals surface area contributed by atoms with Crippen LogP contribution < -0.4 is 10.6 Å². The number of hydrogen-bond acceptors (Lipinski definition) is 6. The maximum absolute atomic E-state index is 14.2. The number of nitrogens with zero attached hydrogens (tertiary/aromatic N) is 6. The molecule has 0 saturated carbocycles. The van der Waals surface area contributed by atoms with Crippen LogP contribution in [0.4, 0.5) is 14.9 Å². The number of piperidine rings is 1. The predicted molar refractivity (Wildman–Crippen MR) is 166 cm³/mol. The van der Waals surface area contributed by atoms with Gasteiger partial charge in [-0.2, -0.15) is 0 Å². The van der Waals surface area contributed by atoms with E-state index >= 15 is 0 Å². The molecule has 1 aliphatic rings. The Morgan fingerprint density at radius 2 is 1.79 bits per heavy atom. The first-order chi connectivity index (χ1) is 20.6. The van der Waals surface area contributed by atoms with E-state index in [4.69, 9.17) is 0 Å².